The Morgan fingerprint density at radius 1 is 1.17 bits per heavy atom. The maximum atomic E-state index is 6.25. The molecule has 3 heterocycles. The molecule has 160 valence electrons. The van der Waals surface area contributed by atoms with E-state index in [1.807, 2.05) is 42.2 Å². The van der Waals surface area contributed by atoms with Crippen LogP contribution in [0.4, 0.5) is 5.82 Å². The summed E-state index contributed by atoms with van der Waals surface area (Å²) in [6, 6.07) is 7.25. The van der Waals surface area contributed by atoms with E-state index in [0.717, 1.165) is 17.0 Å². The molecule has 0 spiro atoms. The molecule has 30 heavy (non-hydrogen) atoms. The molecule has 0 bridgehead atoms. The quantitative estimate of drug-likeness (QED) is 0.533. The lowest BCUT2D eigenvalue weighted by atomic mass is 10.2. The van der Waals surface area contributed by atoms with Gasteiger partial charge in [-0.25, -0.2) is 4.98 Å². The fraction of sp³-hybridized carbons (Fsp3) is 0.409. The summed E-state index contributed by atoms with van der Waals surface area (Å²) in [5, 5.41) is 4.66. The van der Waals surface area contributed by atoms with E-state index < -0.39 is 8.32 Å². The van der Waals surface area contributed by atoms with Crippen molar-refractivity contribution in [2.24, 2.45) is 0 Å². The van der Waals surface area contributed by atoms with Gasteiger partial charge < -0.3 is 14.9 Å². The van der Waals surface area contributed by atoms with Crippen molar-refractivity contribution in [2.45, 2.75) is 52.4 Å². The molecular weight excluding hydrogens is 394 g/mol. The number of aryl methyl sites for hydroxylation is 1. The van der Waals surface area contributed by atoms with E-state index >= 15 is 0 Å². The van der Waals surface area contributed by atoms with E-state index in [0.29, 0.717) is 30.5 Å². The molecule has 0 amide bonds. The van der Waals surface area contributed by atoms with E-state index in [1.54, 1.807) is 12.3 Å². The Balaban J connectivity index is 1.66. The predicted molar refractivity (Wildman–Crippen MR) is 122 cm³/mol. The molecular formula is C22H31N5O2Si. The van der Waals surface area contributed by atoms with Crippen LogP contribution in [0, 0.1) is 6.92 Å². The van der Waals surface area contributed by atoms with Gasteiger partial charge in [0.1, 0.15) is 17.3 Å². The zero-order chi connectivity index (χ0) is 21.9. The van der Waals surface area contributed by atoms with Crippen LogP contribution in [0.5, 0.6) is 11.5 Å². The Bertz CT molecular complexity index is 1010. The highest BCUT2D eigenvalue weighted by Gasteiger charge is 2.36. The van der Waals surface area contributed by atoms with Gasteiger partial charge in [0, 0.05) is 24.0 Å². The number of ether oxygens (including phenoxy) is 1. The molecule has 7 nitrogen and oxygen atoms in total. The van der Waals surface area contributed by atoms with E-state index in [9.17, 15) is 0 Å². The number of rotatable bonds is 7. The average Bonchev–Trinajstić information content (AvgIpc) is 3.12. The highest BCUT2D eigenvalue weighted by molar-refractivity contribution is 6.74. The van der Waals surface area contributed by atoms with Gasteiger partial charge >= 0.3 is 0 Å². The van der Waals surface area contributed by atoms with Crippen molar-refractivity contribution in [2.75, 3.05) is 12.3 Å². The van der Waals surface area contributed by atoms with Crippen LogP contribution in [-0.4, -0.2) is 34.7 Å². The molecule has 3 rings (SSSR count). The third-order valence-electron chi connectivity index (χ3n) is 5.54. The van der Waals surface area contributed by atoms with Crippen molar-refractivity contribution < 1.29 is 9.16 Å². The van der Waals surface area contributed by atoms with E-state index in [-0.39, 0.29) is 5.04 Å². The molecule has 0 aliphatic heterocycles. The predicted octanol–water partition coefficient (Wildman–Crippen LogP) is 5.04. The Hall–Kier alpha value is -2.71. The van der Waals surface area contributed by atoms with Crippen molar-refractivity contribution in [1.29, 1.82) is 0 Å². The normalized spacial score (nSPS) is 12.2. The number of pyridine rings is 2. The third kappa shape index (κ3) is 5.25. The summed E-state index contributed by atoms with van der Waals surface area (Å²) in [5.41, 5.74) is 8.18. The van der Waals surface area contributed by atoms with Crippen LogP contribution in [-0.2, 0) is 11.0 Å². The first-order valence-electron chi connectivity index (χ1n) is 10.1. The first-order valence-corrected chi connectivity index (χ1v) is 13.0. The van der Waals surface area contributed by atoms with Crippen LogP contribution in [0.15, 0.2) is 42.9 Å². The summed E-state index contributed by atoms with van der Waals surface area (Å²) in [4.78, 5) is 8.69. The highest BCUT2D eigenvalue weighted by Crippen LogP contribution is 2.36. The number of hydrogen-bond donors (Lipinski definition) is 1. The van der Waals surface area contributed by atoms with Gasteiger partial charge in [0.2, 0.25) is 0 Å². The minimum atomic E-state index is -1.75. The van der Waals surface area contributed by atoms with Gasteiger partial charge in [-0.1, -0.05) is 20.8 Å². The Labute approximate surface area is 179 Å². The second-order valence-corrected chi connectivity index (χ2v) is 13.7. The van der Waals surface area contributed by atoms with Crippen LogP contribution in [0.25, 0.3) is 11.3 Å². The van der Waals surface area contributed by atoms with Gasteiger partial charge in [0.15, 0.2) is 8.32 Å². The van der Waals surface area contributed by atoms with Gasteiger partial charge in [0.05, 0.1) is 30.7 Å². The molecule has 0 saturated heterocycles. The maximum Gasteiger partial charge on any atom is 0.192 e. The smallest absolute Gasteiger partial charge is 0.192 e. The molecule has 0 aromatic carbocycles. The maximum absolute atomic E-state index is 6.25. The van der Waals surface area contributed by atoms with Crippen LogP contribution in [0.3, 0.4) is 0 Å². The third-order valence-corrected chi connectivity index (χ3v) is 10.1. The highest BCUT2D eigenvalue weighted by atomic mass is 28.4. The number of anilines is 1. The Kier molecular flexibility index (Phi) is 6.28. The molecule has 2 N–H and O–H groups in total. The molecule has 0 saturated carbocycles. The summed E-state index contributed by atoms with van der Waals surface area (Å²) < 4.78 is 14.1. The van der Waals surface area contributed by atoms with Crippen LogP contribution >= 0.6 is 0 Å². The molecule has 0 aliphatic carbocycles. The minimum absolute atomic E-state index is 0.199. The van der Waals surface area contributed by atoms with Crippen molar-refractivity contribution in [3.63, 3.8) is 0 Å². The molecule has 3 aromatic heterocycles. The van der Waals surface area contributed by atoms with E-state index in [1.165, 1.54) is 0 Å². The zero-order valence-corrected chi connectivity index (χ0v) is 19.6. The number of hydrogen-bond acceptors (Lipinski definition) is 6. The minimum Gasteiger partial charge on any atom is -0.455 e. The lowest BCUT2D eigenvalue weighted by Gasteiger charge is -2.36. The Morgan fingerprint density at radius 3 is 2.63 bits per heavy atom. The summed E-state index contributed by atoms with van der Waals surface area (Å²) in [6.07, 6.45) is 5.52. The monoisotopic (exact) mass is 425 g/mol. The van der Waals surface area contributed by atoms with E-state index in [4.69, 9.17) is 14.9 Å². The molecule has 0 fully saturated rings. The average molecular weight is 426 g/mol. The van der Waals surface area contributed by atoms with Crippen molar-refractivity contribution in [3.05, 3.63) is 48.5 Å². The Morgan fingerprint density at radius 2 is 1.93 bits per heavy atom. The molecule has 8 heteroatoms. The zero-order valence-electron chi connectivity index (χ0n) is 18.6. The molecule has 0 unspecified atom stereocenters. The lowest BCUT2D eigenvalue weighted by Crippen LogP contribution is -2.41. The van der Waals surface area contributed by atoms with Gasteiger partial charge in [-0.3, -0.25) is 9.67 Å². The van der Waals surface area contributed by atoms with Gasteiger partial charge in [-0.15, -0.1) is 0 Å². The van der Waals surface area contributed by atoms with Crippen LogP contribution < -0.4 is 10.5 Å². The molecule has 0 atom stereocenters. The largest absolute Gasteiger partial charge is 0.455 e. The van der Waals surface area contributed by atoms with Crippen molar-refractivity contribution in [1.82, 2.24) is 19.7 Å². The van der Waals surface area contributed by atoms with Crippen LogP contribution in [0.1, 0.15) is 26.5 Å². The molecule has 0 aliphatic rings. The second kappa shape index (κ2) is 8.57. The summed E-state index contributed by atoms with van der Waals surface area (Å²) >= 11 is 0. The summed E-state index contributed by atoms with van der Waals surface area (Å²) in [5.74, 6) is 1.82. The fourth-order valence-electron chi connectivity index (χ4n) is 2.66. The topological polar surface area (TPSA) is 88.1 Å². The number of aromatic nitrogens is 4. The van der Waals surface area contributed by atoms with Gasteiger partial charge in [-0.05, 0) is 43.3 Å². The SMILES string of the molecule is Cc1nc(N)ccc1Oc1ccnc(-c2cnn(CCO[Si](C)(C)C(C)(C)C)c2)c1. The number of nitrogen functional groups attached to an aromatic ring is 1. The first-order chi connectivity index (χ1) is 14.0. The summed E-state index contributed by atoms with van der Waals surface area (Å²) in [6.45, 7) is 14.5. The van der Waals surface area contributed by atoms with Gasteiger partial charge in [0.25, 0.3) is 0 Å². The fourth-order valence-corrected chi connectivity index (χ4v) is 3.70. The second-order valence-electron chi connectivity index (χ2n) is 8.90. The molecule has 3 aromatic rings. The van der Waals surface area contributed by atoms with E-state index in [2.05, 4.69) is 48.9 Å². The van der Waals surface area contributed by atoms with Crippen molar-refractivity contribution in [3.8, 4) is 22.8 Å². The van der Waals surface area contributed by atoms with Crippen LogP contribution in [0.2, 0.25) is 18.1 Å². The molecule has 0 radical (unpaired) electrons. The van der Waals surface area contributed by atoms with Gasteiger partial charge in [-0.2, -0.15) is 5.10 Å². The first kappa shape index (κ1) is 22.0. The standard InChI is InChI=1S/C22H31N5O2Si/c1-16-20(7-8-21(23)26-16)29-18-9-10-24-19(13-18)17-14-25-27(15-17)11-12-28-30(5,6)22(2,3)4/h7-10,13-15H,11-12H2,1-6H3,(H2,23,26). The number of nitrogens with zero attached hydrogens (tertiary/aromatic N) is 4. The lowest BCUT2D eigenvalue weighted by molar-refractivity contribution is 0.266. The van der Waals surface area contributed by atoms with Crippen molar-refractivity contribution >= 4 is 14.1 Å². The summed E-state index contributed by atoms with van der Waals surface area (Å²) in [7, 11) is -1.75. The number of nitrogens with two attached hydrogens (primary N) is 1.